The van der Waals surface area contributed by atoms with Crippen molar-refractivity contribution >= 4 is 27.3 Å². The van der Waals surface area contributed by atoms with E-state index < -0.39 is 0 Å². The molecule has 0 aliphatic heterocycles. The molecule has 0 radical (unpaired) electrons. The van der Waals surface area contributed by atoms with Crippen LogP contribution in [0.5, 0.6) is 0 Å². The van der Waals surface area contributed by atoms with Crippen molar-refractivity contribution in [2.75, 3.05) is 13.6 Å². The average Bonchev–Trinajstić information content (AvgIpc) is 2.68. The third-order valence-electron chi connectivity index (χ3n) is 2.55. The van der Waals surface area contributed by atoms with Crippen molar-refractivity contribution in [3.63, 3.8) is 0 Å². The first-order valence-electron chi connectivity index (χ1n) is 5.58. The lowest BCUT2D eigenvalue weighted by Gasteiger charge is -2.01. The monoisotopic (exact) mass is 310 g/mol. The van der Waals surface area contributed by atoms with Crippen LogP contribution in [0.4, 0.5) is 0 Å². The highest BCUT2D eigenvalue weighted by atomic mass is 79.9. The van der Waals surface area contributed by atoms with Crippen molar-refractivity contribution in [3.8, 4) is 10.4 Å². The van der Waals surface area contributed by atoms with Gasteiger partial charge in [0.15, 0.2) is 0 Å². The van der Waals surface area contributed by atoms with E-state index in [0.29, 0.717) is 0 Å². The number of rotatable bonds is 4. The summed E-state index contributed by atoms with van der Waals surface area (Å²) in [5.74, 6) is 0. The molecular formula is C13H15BrN2S. The summed E-state index contributed by atoms with van der Waals surface area (Å²) in [7, 11) is 1.97. The Bertz CT molecular complexity index is 508. The number of aromatic nitrogens is 1. The molecule has 0 saturated heterocycles. The normalized spacial score (nSPS) is 10.8. The van der Waals surface area contributed by atoms with E-state index >= 15 is 0 Å². The van der Waals surface area contributed by atoms with Crippen LogP contribution in [0.1, 0.15) is 10.7 Å². The summed E-state index contributed by atoms with van der Waals surface area (Å²) >= 11 is 5.38. The number of thiazole rings is 1. The molecule has 0 fully saturated rings. The molecule has 2 rings (SSSR count). The van der Waals surface area contributed by atoms with Gasteiger partial charge < -0.3 is 5.32 Å². The van der Waals surface area contributed by atoms with E-state index in [1.165, 1.54) is 15.4 Å². The van der Waals surface area contributed by atoms with Gasteiger partial charge in [0.25, 0.3) is 0 Å². The molecule has 0 spiro atoms. The minimum absolute atomic E-state index is 0.975. The Hall–Kier alpha value is -0.710. The first-order chi connectivity index (χ1) is 8.22. The van der Waals surface area contributed by atoms with Crippen molar-refractivity contribution in [1.29, 1.82) is 0 Å². The maximum Gasteiger partial charge on any atom is 0.0947 e. The Labute approximate surface area is 114 Å². The van der Waals surface area contributed by atoms with Crippen LogP contribution in [0.15, 0.2) is 28.7 Å². The van der Waals surface area contributed by atoms with Gasteiger partial charge in [0.2, 0.25) is 0 Å². The van der Waals surface area contributed by atoms with Crippen LogP contribution in [-0.4, -0.2) is 18.6 Å². The third kappa shape index (κ3) is 2.94. The highest BCUT2D eigenvalue weighted by Gasteiger charge is 2.11. The molecule has 0 bridgehead atoms. The molecule has 17 heavy (non-hydrogen) atoms. The molecule has 0 aliphatic carbocycles. The summed E-state index contributed by atoms with van der Waals surface area (Å²) < 4.78 is 1.13. The van der Waals surface area contributed by atoms with E-state index in [2.05, 4.69) is 51.4 Å². The molecule has 0 amide bonds. The molecule has 1 aromatic carbocycles. The van der Waals surface area contributed by atoms with E-state index in [1.807, 2.05) is 13.1 Å². The first-order valence-corrected chi connectivity index (χ1v) is 7.19. The number of aryl methyl sites for hydroxylation is 1. The number of hydrogen-bond acceptors (Lipinski definition) is 3. The van der Waals surface area contributed by atoms with Crippen molar-refractivity contribution in [3.05, 3.63) is 39.4 Å². The fourth-order valence-electron chi connectivity index (χ4n) is 1.69. The predicted molar refractivity (Wildman–Crippen MR) is 77.6 cm³/mol. The van der Waals surface area contributed by atoms with Gasteiger partial charge in [-0.3, -0.25) is 0 Å². The zero-order chi connectivity index (χ0) is 12.3. The zero-order valence-electron chi connectivity index (χ0n) is 9.96. The molecule has 4 heteroatoms. The highest BCUT2D eigenvalue weighted by molar-refractivity contribution is 9.10. The lowest BCUT2D eigenvalue weighted by molar-refractivity contribution is 0.786. The summed E-state index contributed by atoms with van der Waals surface area (Å²) in [6.45, 7) is 3.05. The molecule has 1 heterocycles. The van der Waals surface area contributed by atoms with Gasteiger partial charge in [-0.15, -0.1) is 11.3 Å². The predicted octanol–water partition coefficient (Wildman–Crippen LogP) is 3.64. The lowest BCUT2D eigenvalue weighted by Crippen LogP contribution is -2.09. The second kappa shape index (κ2) is 5.76. The van der Waals surface area contributed by atoms with Crippen LogP contribution in [0.2, 0.25) is 0 Å². The van der Waals surface area contributed by atoms with E-state index in [-0.39, 0.29) is 0 Å². The molecule has 0 atom stereocenters. The minimum atomic E-state index is 0.975. The van der Waals surface area contributed by atoms with Crippen molar-refractivity contribution in [2.45, 2.75) is 13.3 Å². The van der Waals surface area contributed by atoms with Crippen LogP contribution in [-0.2, 0) is 6.42 Å². The maximum absolute atomic E-state index is 4.62. The molecule has 2 aromatic rings. The SMILES string of the molecule is CNCCc1nc(C)c(-c2ccccc2Br)s1. The zero-order valence-corrected chi connectivity index (χ0v) is 12.4. The molecule has 0 unspecified atom stereocenters. The molecular weight excluding hydrogens is 296 g/mol. The van der Waals surface area contributed by atoms with Crippen molar-refractivity contribution in [2.24, 2.45) is 0 Å². The quantitative estimate of drug-likeness (QED) is 0.932. The second-order valence-electron chi connectivity index (χ2n) is 3.86. The summed E-state index contributed by atoms with van der Waals surface area (Å²) in [6.07, 6.45) is 0.993. The smallest absolute Gasteiger partial charge is 0.0947 e. The topological polar surface area (TPSA) is 24.9 Å². The summed E-state index contributed by atoms with van der Waals surface area (Å²) in [5, 5.41) is 4.35. The summed E-state index contributed by atoms with van der Waals surface area (Å²) in [5.41, 5.74) is 2.35. The number of nitrogens with one attached hydrogen (secondary N) is 1. The van der Waals surface area contributed by atoms with Gasteiger partial charge in [-0.25, -0.2) is 4.98 Å². The van der Waals surface area contributed by atoms with Crippen LogP contribution in [0.25, 0.3) is 10.4 Å². The van der Waals surface area contributed by atoms with Gasteiger partial charge in [-0.05, 0) is 20.0 Å². The molecule has 0 aliphatic rings. The Kier molecular flexibility index (Phi) is 4.31. The first kappa shape index (κ1) is 12.7. The van der Waals surface area contributed by atoms with Crippen LogP contribution in [0.3, 0.4) is 0 Å². The van der Waals surface area contributed by atoms with Crippen LogP contribution >= 0.6 is 27.3 Å². The fraction of sp³-hybridized carbons (Fsp3) is 0.308. The van der Waals surface area contributed by atoms with Gasteiger partial charge in [-0.1, -0.05) is 34.1 Å². The van der Waals surface area contributed by atoms with Gasteiger partial charge in [-0.2, -0.15) is 0 Å². The van der Waals surface area contributed by atoms with E-state index in [1.54, 1.807) is 11.3 Å². The fourth-order valence-corrected chi connectivity index (χ4v) is 3.40. The third-order valence-corrected chi connectivity index (χ3v) is 4.49. The Morgan fingerprint density at radius 1 is 1.35 bits per heavy atom. The number of likely N-dealkylation sites (N-methyl/N-ethyl adjacent to an activating group) is 1. The highest BCUT2D eigenvalue weighted by Crippen LogP contribution is 2.34. The second-order valence-corrected chi connectivity index (χ2v) is 5.79. The minimum Gasteiger partial charge on any atom is -0.319 e. The standard InChI is InChI=1S/C13H15BrN2S/c1-9-13(10-5-3-4-6-11(10)14)17-12(16-9)7-8-15-2/h3-6,15H,7-8H2,1-2H3. The Balaban J connectivity index is 2.33. The molecule has 0 saturated carbocycles. The molecule has 90 valence electrons. The number of benzene rings is 1. The Morgan fingerprint density at radius 3 is 2.82 bits per heavy atom. The number of nitrogens with zero attached hydrogens (tertiary/aromatic N) is 1. The van der Waals surface area contributed by atoms with E-state index in [4.69, 9.17) is 0 Å². The van der Waals surface area contributed by atoms with E-state index in [9.17, 15) is 0 Å². The number of hydrogen-bond donors (Lipinski definition) is 1. The van der Waals surface area contributed by atoms with Crippen molar-refractivity contribution in [1.82, 2.24) is 10.3 Å². The molecule has 2 nitrogen and oxygen atoms in total. The van der Waals surface area contributed by atoms with E-state index in [0.717, 1.165) is 23.1 Å². The van der Waals surface area contributed by atoms with Gasteiger partial charge >= 0.3 is 0 Å². The van der Waals surface area contributed by atoms with Gasteiger partial charge in [0.1, 0.15) is 0 Å². The van der Waals surface area contributed by atoms with Gasteiger partial charge in [0, 0.05) is 23.0 Å². The molecule has 1 N–H and O–H groups in total. The van der Waals surface area contributed by atoms with Crippen LogP contribution in [0, 0.1) is 6.92 Å². The summed E-state index contributed by atoms with van der Waals surface area (Å²) in [6, 6.07) is 8.30. The largest absolute Gasteiger partial charge is 0.319 e. The Morgan fingerprint density at radius 2 is 2.12 bits per heavy atom. The lowest BCUT2D eigenvalue weighted by atomic mass is 10.2. The number of halogens is 1. The molecule has 1 aromatic heterocycles. The van der Waals surface area contributed by atoms with Crippen molar-refractivity contribution < 1.29 is 0 Å². The van der Waals surface area contributed by atoms with Gasteiger partial charge in [0.05, 0.1) is 15.6 Å². The summed E-state index contributed by atoms with van der Waals surface area (Å²) in [4.78, 5) is 5.89. The average molecular weight is 311 g/mol. The maximum atomic E-state index is 4.62. The van der Waals surface area contributed by atoms with Crippen LogP contribution < -0.4 is 5.32 Å².